The van der Waals surface area contributed by atoms with Crippen LogP contribution in [0.4, 0.5) is 5.69 Å². The van der Waals surface area contributed by atoms with E-state index in [1.165, 1.54) is 30.3 Å². The van der Waals surface area contributed by atoms with Crippen molar-refractivity contribution in [1.82, 2.24) is 0 Å². The molecule has 0 radical (unpaired) electrons. The number of non-ortho nitro benzene ring substituents is 1. The maximum Gasteiger partial charge on any atom is 0.269 e. The molecule has 0 spiro atoms. The van der Waals surface area contributed by atoms with Crippen LogP contribution in [-0.2, 0) is 0 Å². The van der Waals surface area contributed by atoms with Gasteiger partial charge in [-0.05, 0) is 23.8 Å². The Morgan fingerprint density at radius 2 is 2.07 bits per heavy atom. The van der Waals surface area contributed by atoms with Crippen molar-refractivity contribution >= 4 is 28.5 Å². The summed E-state index contributed by atoms with van der Waals surface area (Å²) in [5.74, 6) is 0. The van der Waals surface area contributed by atoms with Crippen LogP contribution in [0.25, 0.3) is 5.03 Å². The molecule has 6 heteroatoms. The number of allylic oxidation sites excluding steroid dienone is 1. The van der Waals surface area contributed by atoms with Gasteiger partial charge in [-0.25, -0.2) is 0 Å². The molecule has 0 fully saturated rings. The number of nitro benzene ring substituents is 1. The Morgan fingerprint density at radius 1 is 1.47 bits per heavy atom. The number of rotatable bonds is 3. The van der Waals surface area contributed by atoms with Gasteiger partial charge in [0.2, 0.25) is 0 Å². The van der Waals surface area contributed by atoms with Crippen LogP contribution in [0.2, 0.25) is 0 Å². The van der Waals surface area contributed by atoms with Gasteiger partial charge in [-0.1, -0.05) is 16.8 Å². The molecule has 1 N–H and O–H groups in total. The van der Waals surface area contributed by atoms with Crippen LogP contribution in [0.1, 0.15) is 5.56 Å². The molecule has 0 aromatic heterocycles. The molecule has 0 unspecified atom stereocenters. The number of hydrogen-bond donors (Lipinski definition) is 1. The average molecular weight is 227 g/mol. The molecule has 0 bridgehead atoms. The topological polar surface area (TPSA) is 75.7 Å². The molecule has 0 aliphatic rings. The molecule has 5 nitrogen and oxygen atoms in total. The smallest absolute Gasteiger partial charge is 0.269 e. The Hall–Kier alpha value is -1.88. The minimum absolute atomic E-state index is 0.000887. The summed E-state index contributed by atoms with van der Waals surface area (Å²) in [5, 5.41) is 21.6. The predicted octanol–water partition coefficient (Wildman–Crippen LogP) is 2.63. The first-order valence-electron chi connectivity index (χ1n) is 3.93. The largest absolute Gasteiger partial charge is 0.411 e. The average Bonchev–Trinajstić information content (AvgIpc) is 2.26. The van der Waals surface area contributed by atoms with Gasteiger partial charge in [0.25, 0.3) is 5.69 Å². The summed E-state index contributed by atoms with van der Waals surface area (Å²) in [6.07, 6.45) is 2.49. The van der Waals surface area contributed by atoms with Gasteiger partial charge in [0, 0.05) is 17.2 Å². The fraction of sp³-hybridized carbons (Fsp3) is 0. The highest BCUT2D eigenvalue weighted by Crippen LogP contribution is 2.21. The first-order chi connectivity index (χ1) is 7.15. The van der Waals surface area contributed by atoms with Gasteiger partial charge < -0.3 is 5.21 Å². The summed E-state index contributed by atoms with van der Waals surface area (Å²) < 4.78 is 0. The molecule has 78 valence electrons. The summed E-state index contributed by atoms with van der Waals surface area (Å²) in [5.41, 5.74) is 0.612. The van der Waals surface area contributed by atoms with Crippen molar-refractivity contribution in [1.29, 1.82) is 0 Å². The van der Waals surface area contributed by atoms with E-state index in [4.69, 9.17) is 16.8 Å². The van der Waals surface area contributed by atoms with Gasteiger partial charge in [-0.15, -0.1) is 0 Å². The van der Waals surface area contributed by atoms with Crippen LogP contribution in [-0.4, -0.2) is 16.3 Å². The maximum atomic E-state index is 10.4. The van der Waals surface area contributed by atoms with Gasteiger partial charge in [0.15, 0.2) is 0 Å². The normalized spacial score (nSPS) is 11.9. The molecular weight excluding hydrogens is 220 g/mol. The Balaban J connectivity index is 2.93. The first kappa shape index (κ1) is 11.2. The predicted molar refractivity (Wildman–Crippen MR) is 57.2 cm³/mol. The molecule has 0 aliphatic heterocycles. The van der Waals surface area contributed by atoms with Crippen LogP contribution in [0.3, 0.4) is 0 Å². The van der Waals surface area contributed by atoms with Crippen molar-refractivity contribution in [2.75, 3.05) is 0 Å². The number of halogens is 1. The van der Waals surface area contributed by atoms with Gasteiger partial charge in [-0.2, -0.15) is 0 Å². The minimum Gasteiger partial charge on any atom is -0.411 e. The molecule has 0 amide bonds. The van der Waals surface area contributed by atoms with Crippen LogP contribution < -0.4 is 0 Å². The van der Waals surface area contributed by atoms with Crippen molar-refractivity contribution < 1.29 is 10.1 Å². The highest BCUT2D eigenvalue weighted by Gasteiger charge is 2.04. The van der Waals surface area contributed by atoms with Gasteiger partial charge >= 0.3 is 0 Å². The van der Waals surface area contributed by atoms with E-state index in [0.29, 0.717) is 10.6 Å². The van der Waals surface area contributed by atoms with Crippen LogP contribution >= 0.6 is 11.6 Å². The Labute approximate surface area is 90.4 Å². The lowest BCUT2D eigenvalue weighted by molar-refractivity contribution is -0.384. The lowest BCUT2D eigenvalue weighted by Crippen LogP contribution is -1.87. The molecule has 1 aromatic rings. The third kappa shape index (κ3) is 3.07. The zero-order valence-electron chi connectivity index (χ0n) is 7.50. The minimum atomic E-state index is -0.490. The number of hydrogen-bond acceptors (Lipinski definition) is 4. The maximum absolute atomic E-state index is 10.4. The standard InChI is InChI=1S/C9H7ClN2O3/c10-9(5-6-11-13)7-1-3-8(4-2-7)12(14)15/h1-6,13H. The molecule has 0 atom stereocenters. The number of nitrogens with zero attached hydrogens (tertiary/aromatic N) is 2. The van der Waals surface area contributed by atoms with Crippen LogP contribution in [0.5, 0.6) is 0 Å². The van der Waals surface area contributed by atoms with E-state index < -0.39 is 4.92 Å². The van der Waals surface area contributed by atoms with Gasteiger partial charge in [-0.3, -0.25) is 10.1 Å². The second-order valence-corrected chi connectivity index (χ2v) is 2.99. The van der Waals surface area contributed by atoms with E-state index >= 15 is 0 Å². The summed E-state index contributed by atoms with van der Waals surface area (Å²) in [6, 6.07) is 5.73. The Kier molecular flexibility index (Phi) is 3.82. The summed E-state index contributed by atoms with van der Waals surface area (Å²) >= 11 is 5.81. The molecule has 0 saturated carbocycles. The molecule has 0 heterocycles. The summed E-state index contributed by atoms with van der Waals surface area (Å²) in [7, 11) is 0. The summed E-state index contributed by atoms with van der Waals surface area (Å²) in [6.45, 7) is 0. The lowest BCUT2D eigenvalue weighted by atomic mass is 10.2. The van der Waals surface area contributed by atoms with Crippen LogP contribution in [0, 0.1) is 10.1 Å². The molecule has 1 aromatic carbocycles. The molecular formula is C9H7ClN2O3. The van der Waals surface area contributed by atoms with E-state index in [1.54, 1.807) is 0 Å². The SMILES string of the molecule is O=[N+]([O-])c1ccc(C(Cl)=CC=NO)cc1. The number of nitro groups is 1. The molecule has 1 rings (SSSR count). The molecule has 0 aliphatic carbocycles. The molecule has 0 saturated heterocycles. The summed E-state index contributed by atoms with van der Waals surface area (Å²) in [4.78, 5) is 9.87. The van der Waals surface area contributed by atoms with E-state index in [1.807, 2.05) is 0 Å². The van der Waals surface area contributed by atoms with Crippen molar-refractivity contribution in [3.63, 3.8) is 0 Å². The first-order valence-corrected chi connectivity index (χ1v) is 4.31. The van der Waals surface area contributed by atoms with Crippen molar-refractivity contribution in [3.05, 3.63) is 46.0 Å². The van der Waals surface area contributed by atoms with E-state index in [2.05, 4.69) is 5.16 Å². The van der Waals surface area contributed by atoms with Gasteiger partial charge in [0.05, 0.1) is 11.1 Å². The lowest BCUT2D eigenvalue weighted by Gasteiger charge is -1.97. The second kappa shape index (κ2) is 5.11. The van der Waals surface area contributed by atoms with Crippen LogP contribution in [0.15, 0.2) is 35.5 Å². The van der Waals surface area contributed by atoms with E-state index in [-0.39, 0.29) is 5.69 Å². The van der Waals surface area contributed by atoms with E-state index in [0.717, 1.165) is 6.21 Å². The van der Waals surface area contributed by atoms with Crippen molar-refractivity contribution in [2.45, 2.75) is 0 Å². The zero-order valence-corrected chi connectivity index (χ0v) is 8.26. The zero-order chi connectivity index (χ0) is 11.3. The molecule has 15 heavy (non-hydrogen) atoms. The van der Waals surface area contributed by atoms with Crippen molar-refractivity contribution in [3.8, 4) is 0 Å². The van der Waals surface area contributed by atoms with E-state index in [9.17, 15) is 10.1 Å². The third-order valence-corrected chi connectivity index (χ3v) is 1.99. The van der Waals surface area contributed by atoms with Crippen molar-refractivity contribution in [2.24, 2.45) is 5.16 Å². The highest BCUT2D eigenvalue weighted by atomic mass is 35.5. The monoisotopic (exact) mass is 226 g/mol. The van der Waals surface area contributed by atoms with Gasteiger partial charge in [0.1, 0.15) is 0 Å². The Bertz CT molecular complexity index is 412. The second-order valence-electron chi connectivity index (χ2n) is 2.58. The number of benzene rings is 1. The quantitative estimate of drug-likeness (QED) is 0.373. The fourth-order valence-corrected chi connectivity index (χ4v) is 1.12. The fourth-order valence-electron chi connectivity index (χ4n) is 0.937. The number of oxime groups is 1. The third-order valence-electron chi connectivity index (χ3n) is 1.64. The Morgan fingerprint density at radius 3 is 2.53 bits per heavy atom. The highest BCUT2D eigenvalue weighted by molar-refractivity contribution is 6.49.